The van der Waals surface area contributed by atoms with E-state index < -0.39 is 0 Å². The van der Waals surface area contributed by atoms with E-state index >= 15 is 0 Å². The average Bonchev–Trinajstić information content (AvgIpc) is 2.48. The third-order valence-electron chi connectivity index (χ3n) is 3.16. The second-order valence-corrected chi connectivity index (χ2v) is 5.01. The number of benzene rings is 2. The lowest BCUT2D eigenvalue weighted by Crippen LogP contribution is -2.00. The van der Waals surface area contributed by atoms with Crippen LogP contribution in [0.3, 0.4) is 0 Å². The van der Waals surface area contributed by atoms with Gasteiger partial charge in [-0.15, -0.1) is 0 Å². The van der Waals surface area contributed by atoms with Gasteiger partial charge in [0, 0.05) is 12.2 Å². The maximum Gasteiger partial charge on any atom is 0.138 e. The van der Waals surface area contributed by atoms with Crippen LogP contribution in [0.15, 0.2) is 42.5 Å². The highest BCUT2D eigenvalue weighted by molar-refractivity contribution is 6.32. The molecule has 106 valence electrons. The molecule has 0 atom stereocenters. The van der Waals surface area contributed by atoms with Crippen molar-refractivity contribution in [3.8, 4) is 5.75 Å². The van der Waals surface area contributed by atoms with Crippen LogP contribution in [0.4, 0.5) is 5.69 Å². The molecule has 0 fully saturated rings. The Bertz CT molecular complexity index is 551. The Morgan fingerprint density at radius 3 is 2.30 bits per heavy atom. The molecular weight excluding hydrogens is 270 g/mol. The molecular formula is C17H20ClNO. The zero-order chi connectivity index (χ0) is 14.4. The monoisotopic (exact) mass is 289 g/mol. The first-order valence-electron chi connectivity index (χ1n) is 6.97. The van der Waals surface area contributed by atoms with Crippen molar-refractivity contribution in [2.24, 2.45) is 0 Å². The first-order chi connectivity index (χ1) is 9.72. The van der Waals surface area contributed by atoms with Crippen LogP contribution in [0.2, 0.25) is 5.02 Å². The van der Waals surface area contributed by atoms with E-state index in [4.69, 9.17) is 16.3 Å². The van der Waals surface area contributed by atoms with Crippen molar-refractivity contribution in [2.45, 2.75) is 26.8 Å². The highest BCUT2D eigenvalue weighted by atomic mass is 35.5. The Morgan fingerprint density at radius 2 is 1.70 bits per heavy atom. The lowest BCUT2D eigenvalue weighted by Gasteiger charge is -2.10. The molecule has 0 unspecified atom stereocenters. The molecule has 3 heteroatoms. The molecule has 0 aromatic heterocycles. The fourth-order valence-corrected chi connectivity index (χ4v) is 2.22. The number of rotatable bonds is 6. The van der Waals surface area contributed by atoms with E-state index in [2.05, 4.69) is 36.5 Å². The Kier molecular flexibility index (Phi) is 5.31. The molecule has 0 amide bonds. The van der Waals surface area contributed by atoms with Crippen LogP contribution in [-0.4, -0.2) is 6.61 Å². The van der Waals surface area contributed by atoms with E-state index in [0.717, 1.165) is 24.4 Å². The molecule has 0 aliphatic heterocycles. The van der Waals surface area contributed by atoms with Gasteiger partial charge in [-0.25, -0.2) is 0 Å². The second kappa shape index (κ2) is 7.20. The average molecular weight is 290 g/mol. The van der Waals surface area contributed by atoms with E-state index in [9.17, 15) is 0 Å². The van der Waals surface area contributed by atoms with Gasteiger partial charge in [0.1, 0.15) is 5.75 Å². The quantitative estimate of drug-likeness (QED) is 0.815. The van der Waals surface area contributed by atoms with Gasteiger partial charge in [0.15, 0.2) is 0 Å². The molecule has 0 heterocycles. The predicted molar refractivity (Wildman–Crippen MR) is 85.8 cm³/mol. The first-order valence-corrected chi connectivity index (χ1v) is 7.34. The van der Waals surface area contributed by atoms with E-state index in [1.165, 1.54) is 11.1 Å². The van der Waals surface area contributed by atoms with E-state index in [0.29, 0.717) is 11.6 Å². The third-order valence-corrected chi connectivity index (χ3v) is 3.45. The normalized spacial score (nSPS) is 10.3. The van der Waals surface area contributed by atoms with Gasteiger partial charge in [-0.05, 0) is 42.7 Å². The van der Waals surface area contributed by atoms with Crippen molar-refractivity contribution >= 4 is 17.3 Å². The molecule has 0 saturated carbocycles. The molecule has 0 spiro atoms. The van der Waals surface area contributed by atoms with E-state index in [1.54, 1.807) is 0 Å². The summed E-state index contributed by atoms with van der Waals surface area (Å²) >= 11 is 6.16. The SMILES string of the molecule is CCOc1ccc(NCc2ccc(CC)cc2)cc1Cl. The highest BCUT2D eigenvalue weighted by Gasteiger charge is 2.02. The summed E-state index contributed by atoms with van der Waals surface area (Å²) in [7, 11) is 0. The van der Waals surface area contributed by atoms with E-state index in [-0.39, 0.29) is 0 Å². The van der Waals surface area contributed by atoms with Crippen LogP contribution in [0, 0.1) is 0 Å². The van der Waals surface area contributed by atoms with Gasteiger partial charge in [0.2, 0.25) is 0 Å². The number of nitrogens with one attached hydrogen (secondary N) is 1. The van der Waals surface area contributed by atoms with Crippen molar-refractivity contribution < 1.29 is 4.74 Å². The molecule has 2 nitrogen and oxygen atoms in total. The van der Waals surface area contributed by atoms with Crippen molar-refractivity contribution in [3.63, 3.8) is 0 Å². The molecule has 0 bridgehead atoms. The Balaban J connectivity index is 1.97. The fourth-order valence-electron chi connectivity index (χ4n) is 1.98. The number of halogens is 1. The largest absolute Gasteiger partial charge is 0.492 e. The maximum absolute atomic E-state index is 6.16. The minimum absolute atomic E-state index is 0.621. The molecule has 2 aromatic rings. The Labute approximate surface area is 125 Å². The van der Waals surface area contributed by atoms with Crippen LogP contribution >= 0.6 is 11.6 Å². The van der Waals surface area contributed by atoms with Gasteiger partial charge < -0.3 is 10.1 Å². The first kappa shape index (κ1) is 14.7. The third kappa shape index (κ3) is 3.91. The van der Waals surface area contributed by atoms with Gasteiger partial charge >= 0.3 is 0 Å². The fraction of sp³-hybridized carbons (Fsp3) is 0.294. The predicted octanol–water partition coefficient (Wildman–Crippen LogP) is 4.91. The second-order valence-electron chi connectivity index (χ2n) is 4.60. The van der Waals surface area contributed by atoms with Gasteiger partial charge in [0.25, 0.3) is 0 Å². The molecule has 1 N–H and O–H groups in total. The van der Waals surface area contributed by atoms with Crippen LogP contribution in [0.25, 0.3) is 0 Å². The number of hydrogen-bond donors (Lipinski definition) is 1. The van der Waals surface area contributed by atoms with Crippen molar-refractivity contribution in [1.82, 2.24) is 0 Å². The Morgan fingerprint density at radius 1 is 1.00 bits per heavy atom. The number of aryl methyl sites for hydroxylation is 1. The summed E-state index contributed by atoms with van der Waals surface area (Å²) in [6, 6.07) is 14.4. The maximum atomic E-state index is 6.16. The summed E-state index contributed by atoms with van der Waals surface area (Å²) in [5, 5.41) is 4.01. The topological polar surface area (TPSA) is 21.3 Å². The minimum atomic E-state index is 0.621. The zero-order valence-corrected chi connectivity index (χ0v) is 12.7. The lowest BCUT2D eigenvalue weighted by molar-refractivity contribution is 0.340. The molecule has 20 heavy (non-hydrogen) atoms. The minimum Gasteiger partial charge on any atom is -0.492 e. The molecule has 0 aliphatic rings. The van der Waals surface area contributed by atoms with Crippen molar-refractivity contribution in [1.29, 1.82) is 0 Å². The summed E-state index contributed by atoms with van der Waals surface area (Å²) in [5.41, 5.74) is 3.61. The van der Waals surface area contributed by atoms with Gasteiger partial charge in [-0.2, -0.15) is 0 Å². The number of hydrogen-bond acceptors (Lipinski definition) is 2. The van der Waals surface area contributed by atoms with Gasteiger partial charge in [0.05, 0.1) is 11.6 Å². The summed E-state index contributed by atoms with van der Waals surface area (Å²) in [6.45, 7) is 5.52. The zero-order valence-electron chi connectivity index (χ0n) is 11.9. The summed E-state index contributed by atoms with van der Waals surface area (Å²) in [4.78, 5) is 0. The standard InChI is InChI=1S/C17H20ClNO/c1-3-13-5-7-14(8-6-13)12-19-15-9-10-17(20-4-2)16(18)11-15/h5-11,19H,3-4,12H2,1-2H3. The van der Waals surface area contributed by atoms with Crippen molar-refractivity contribution in [2.75, 3.05) is 11.9 Å². The van der Waals surface area contributed by atoms with Gasteiger partial charge in [-0.1, -0.05) is 42.8 Å². The van der Waals surface area contributed by atoms with Crippen LogP contribution in [-0.2, 0) is 13.0 Å². The number of anilines is 1. The smallest absolute Gasteiger partial charge is 0.138 e. The highest BCUT2D eigenvalue weighted by Crippen LogP contribution is 2.27. The molecule has 0 radical (unpaired) electrons. The molecule has 2 rings (SSSR count). The summed E-state index contributed by atoms with van der Waals surface area (Å²) in [6.07, 6.45) is 1.07. The lowest BCUT2D eigenvalue weighted by atomic mass is 10.1. The molecule has 2 aromatic carbocycles. The van der Waals surface area contributed by atoms with Crippen LogP contribution in [0.5, 0.6) is 5.75 Å². The number of ether oxygens (including phenoxy) is 1. The molecule has 0 saturated heterocycles. The van der Waals surface area contributed by atoms with Gasteiger partial charge in [-0.3, -0.25) is 0 Å². The molecule has 0 aliphatic carbocycles. The summed E-state index contributed by atoms with van der Waals surface area (Å²) < 4.78 is 5.42. The Hall–Kier alpha value is -1.67. The summed E-state index contributed by atoms with van der Waals surface area (Å²) in [5.74, 6) is 0.729. The van der Waals surface area contributed by atoms with Crippen molar-refractivity contribution in [3.05, 3.63) is 58.6 Å². The van der Waals surface area contributed by atoms with E-state index in [1.807, 2.05) is 25.1 Å². The van der Waals surface area contributed by atoms with Crippen LogP contribution < -0.4 is 10.1 Å². The van der Waals surface area contributed by atoms with Crippen LogP contribution in [0.1, 0.15) is 25.0 Å².